The van der Waals surface area contributed by atoms with Crippen molar-refractivity contribution in [3.63, 3.8) is 0 Å². The Bertz CT molecular complexity index is 3090. The largest absolute Gasteiger partial charge is 0.456 e. The lowest BCUT2D eigenvalue weighted by molar-refractivity contribution is 0.669. The minimum Gasteiger partial charge on any atom is -0.456 e. The molecule has 2 heteroatoms. The summed E-state index contributed by atoms with van der Waals surface area (Å²) in [6.45, 7) is 4.60. The van der Waals surface area contributed by atoms with Crippen molar-refractivity contribution in [2.24, 2.45) is 0 Å². The van der Waals surface area contributed by atoms with E-state index in [9.17, 15) is 0 Å². The van der Waals surface area contributed by atoms with Gasteiger partial charge in [0.25, 0.3) is 0 Å². The first-order valence-corrected chi connectivity index (χ1v) is 17.9. The maximum absolute atomic E-state index is 9.12. The molecule has 0 atom stereocenters. The Kier molecular flexibility index (Phi) is 7.16. The Morgan fingerprint density at radius 3 is 1.70 bits per heavy atom. The fraction of sp³-hybridized carbons (Fsp3) is 0. The van der Waals surface area contributed by atoms with Gasteiger partial charge in [0.15, 0.2) is 0 Å². The highest BCUT2D eigenvalue weighted by Crippen LogP contribution is 2.45. The van der Waals surface area contributed by atoms with Crippen LogP contribution in [0.5, 0.6) is 0 Å². The smallest absolute Gasteiger partial charge is 0.136 e. The Morgan fingerprint density at radius 1 is 0.453 bits per heavy atom. The second-order valence-electron chi connectivity index (χ2n) is 13.7. The number of nitrogens with one attached hydrogen (secondary N) is 1. The maximum atomic E-state index is 9.12. The number of hydrogen-bond donors (Lipinski definition) is 1. The summed E-state index contributed by atoms with van der Waals surface area (Å²) in [4.78, 5) is 0. The molecule has 1 N–H and O–H groups in total. The van der Waals surface area contributed by atoms with E-state index in [4.69, 9.17) is 9.83 Å². The third-order valence-electron chi connectivity index (χ3n) is 10.6. The standard InChI is InChI=1S/C51H33NO/c1-32(23-27-47(52)36-24-28-48-45(30-36)46-29-34-15-5-6-16-35(34)31-49(46)53-48)50-40-19-9-11-21-42(40)51(43-22-12-10-20-41(43)50)44-26-25-37(33-13-3-2-4-14-33)38-17-7-8-18-39(38)44/h2-31,52H,1H2/b27-23-,52-47?. The Morgan fingerprint density at radius 2 is 1.00 bits per heavy atom. The first kappa shape index (κ1) is 30.8. The van der Waals surface area contributed by atoms with Crippen molar-refractivity contribution in [1.29, 1.82) is 5.41 Å². The SMILES string of the molecule is C=C(/C=C\C(=N)c1ccc2oc3cc4ccccc4cc3c2c1)c1c2ccccc2c(-c2ccc(-c3ccccc3)c3ccccc23)c2ccccc12. The summed E-state index contributed by atoms with van der Waals surface area (Å²) in [5.74, 6) is 0. The van der Waals surface area contributed by atoms with E-state index in [1.54, 1.807) is 0 Å². The lowest BCUT2D eigenvalue weighted by Gasteiger charge is -2.19. The fourth-order valence-corrected chi connectivity index (χ4v) is 8.14. The average Bonchev–Trinajstić information content (AvgIpc) is 3.57. The van der Waals surface area contributed by atoms with E-state index in [0.717, 1.165) is 54.8 Å². The Hall–Kier alpha value is -7.03. The van der Waals surface area contributed by atoms with Crippen molar-refractivity contribution in [2.75, 3.05) is 0 Å². The highest BCUT2D eigenvalue weighted by molar-refractivity contribution is 6.23. The van der Waals surface area contributed by atoms with Gasteiger partial charge in [0.05, 0.1) is 5.71 Å². The summed E-state index contributed by atoms with van der Waals surface area (Å²) >= 11 is 0. The van der Waals surface area contributed by atoms with E-state index >= 15 is 0 Å². The molecule has 0 aliphatic rings. The third-order valence-corrected chi connectivity index (χ3v) is 10.6. The molecular formula is C51H33NO. The normalized spacial score (nSPS) is 11.8. The van der Waals surface area contributed by atoms with Crippen LogP contribution < -0.4 is 0 Å². The molecular weight excluding hydrogens is 643 g/mol. The van der Waals surface area contributed by atoms with Crippen molar-refractivity contribution in [2.45, 2.75) is 0 Å². The van der Waals surface area contributed by atoms with Crippen LogP contribution in [0.1, 0.15) is 11.1 Å². The van der Waals surface area contributed by atoms with Gasteiger partial charge in [0.2, 0.25) is 0 Å². The zero-order valence-corrected chi connectivity index (χ0v) is 28.9. The second-order valence-corrected chi connectivity index (χ2v) is 13.7. The minimum absolute atomic E-state index is 0.415. The Labute approximate surface area is 307 Å². The molecule has 0 radical (unpaired) electrons. The molecule has 9 aromatic carbocycles. The van der Waals surface area contributed by atoms with E-state index in [-0.39, 0.29) is 0 Å². The van der Waals surface area contributed by atoms with Crippen LogP contribution in [0.3, 0.4) is 0 Å². The van der Waals surface area contributed by atoms with E-state index < -0.39 is 0 Å². The van der Waals surface area contributed by atoms with Crippen LogP contribution in [0.25, 0.3) is 92.9 Å². The molecule has 0 saturated carbocycles. The molecule has 0 saturated heterocycles. The molecule has 0 fully saturated rings. The average molecular weight is 676 g/mol. The van der Waals surface area contributed by atoms with Crippen molar-refractivity contribution >= 4 is 76.3 Å². The van der Waals surface area contributed by atoms with Crippen molar-refractivity contribution in [3.8, 4) is 22.3 Å². The van der Waals surface area contributed by atoms with Gasteiger partial charge in [-0.05, 0) is 113 Å². The summed E-state index contributed by atoms with van der Waals surface area (Å²) in [7, 11) is 0. The third kappa shape index (κ3) is 5.07. The van der Waals surface area contributed by atoms with Crippen LogP contribution >= 0.6 is 0 Å². The van der Waals surface area contributed by atoms with Gasteiger partial charge in [0.1, 0.15) is 11.2 Å². The van der Waals surface area contributed by atoms with E-state index in [1.165, 1.54) is 49.2 Å². The number of allylic oxidation sites excluding steroid dienone is 3. The number of hydrogen-bond acceptors (Lipinski definition) is 2. The van der Waals surface area contributed by atoms with E-state index in [1.807, 2.05) is 30.4 Å². The van der Waals surface area contributed by atoms with Crippen LogP contribution in [0.4, 0.5) is 0 Å². The first-order valence-electron chi connectivity index (χ1n) is 17.9. The second kappa shape index (κ2) is 12.3. The lowest BCUT2D eigenvalue weighted by Crippen LogP contribution is -1.96. The number of benzene rings is 9. The van der Waals surface area contributed by atoms with Crippen LogP contribution in [0.15, 0.2) is 193 Å². The number of rotatable bonds is 6. The molecule has 0 spiro atoms. The van der Waals surface area contributed by atoms with Crippen LogP contribution in [-0.4, -0.2) is 5.71 Å². The summed E-state index contributed by atoms with van der Waals surface area (Å²) in [5.41, 5.74) is 9.72. The first-order chi connectivity index (χ1) is 26.1. The zero-order valence-electron chi connectivity index (χ0n) is 28.9. The summed E-state index contributed by atoms with van der Waals surface area (Å²) in [6, 6.07) is 59.8. The monoisotopic (exact) mass is 675 g/mol. The van der Waals surface area contributed by atoms with Gasteiger partial charge in [-0.2, -0.15) is 0 Å². The molecule has 2 nitrogen and oxygen atoms in total. The van der Waals surface area contributed by atoms with E-state index in [0.29, 0.717) is 5.71 Å². The van der Waals surface area contributed by atoms with Crippen LogP contribution in [-0.2, 0) is 0 Å². The number of furan rings is 1. The van der Waals surface area contributed by atoms with Crippen LogP contribution in [0, 0.1) is 5.41 Å². The zero-order chi connectivity index (χ0) is 35.5. The molecule has 1 aromatic heterocycles. The molecule has 0 unspecified atom stereocenters. The predicted molar refractivity (Wildman–Crippen MR) is 226 cm³/mol. The van der Waals surface area contributed by atoms with Crippen molar-refractivity contribution < 1.29 is 4.42 Å². The summed E-state index contributed by atoms with van der Waals surface area (Å²) < 4.78 is 6.22. The fourth-order valence-electron chi connectivity index (χ4n) is 8.14. The van der Waals surface area contributed by atoms with E-state index in [2.05, 4.69) is 158 Å². The molecule has 0 aliphatic heterocycles. The quantitative estimate of drug-likeness (QED) is 0.106. The van der Waals surface area contributed by atoms with Crippen LogP contribution in [0.2, 0.25) is 0 Å². The molecule has 1 heterocycles. The van der Waals surface area contributed by atoms with Crippen molar-refractivity contribution in [1.82, 2.24) is 0 Å². The number of fused-ring (bicyclic) bond motifs is 7. The summed E-state index contributed by atoms with van der Waals surface area (Å²) in [6.07, 6.45) is 3.86. The highest BCUT2D eigenvalue weighted by atomic mass is 16.3. The van der Waals surface area contributed by atoms with Gasteiger partial charge in [0, 0.05) is 16.3 Å². The predicted octanol–water partition coefficient (Wildman–Crippen LogP) is 14.2. The molecule has 10 aromatic rings. The van der Waals surface area contributed by atoms with Gasteiger partial charge in [-0.25, -0.2) is 0 Å². The van der Waals surface area contributed by atoms with Gasteiger partial charge in [-0.1, -0.05) is 152 Å². The maximum Gasteiger partial charge on any atom is 0.136 e. The molecule has 0 bridgehead atoms. The topological polar surface area (TPSA) is 37.0 Å². The van der Waals surface area contributed by atoms with Gasteiger partial charge >= 0.3 is 0 Å². The Balaban J connectivity index is 1.08. The molecule has 10 rings (SSSR count). The summed E-state index contributed by atoms with van der Waals surface area (Å²) in [5, 5.41) is 20.6. The lowest BCUT2D eigenvalue weighted by atomic mass is 9.84. The molecule has 0 amide bonds. The minimum atomic E-state index is 0.415. The van der Waals surface area contributed by atoms with Gasteiger partial charge < -0.3 is 9.83 Å². The highest BCUT2D eigenvalue weighted by Gasteiger charge is 2.19. The van der Waals surface area contributed by atoms with Gasteiger partial charge in [-0.3, -0.25) is 0 Å². The molecule has 53 heavy (non-hydrogen) atoms. The van der Waals surface area contributed by atoms with Crippen molar-refractivity contribution in [3.05, 3.63) is 200 Å². The van der Waals surface area contributed by atoms with Gasteiger partial charge in [-0.15, -0.1) is 0 Å². The molecule has 248 valence electrons. The molecule has 0 aliphatic carbocycles.